The van der Waals surface area contributed by atoms with Gasteiger partial charge in [-0.25, -0.2) is 5.43 Å². The van der Waals surface area contributed by atoms with Gasteiger partial charge in [-0.05, 0) is 24.5 Å². The zero-order valence-corrected chi connectivity index (χ0v) is 10.8. The highest BCUT2D eigenvalue weighted by Gasteiger charge is 2.22. The van der Waals surface area contributed by atoms with Gasteiger partial charge in [0.1, 0.15) is 0 Å². The van der Waals surface area contributed by atoms with Crippen LogP contribution in [0.15, 0.2) is 17.9 Å². The van der Waals surface area contributed by atoms with Crippen molar-refractivity contribution in [2.75, 3.05) is 6.61 Å². The number of thiophene rings is 1. The molecule has 0 bridgehead atoms. The van der Waals surface area contributed by atoms with Crippen molar-refractivity contribution in [2.24, 2.45) is 5.84 Å². The summed E-state index contributed by atoms with van der Waals surface area (Å²) in [6, 6.07) is 1.73. The van der Waals surface area contributed by atoms with E-state index in [-0.39, 0.29) is 6.04 Å². The summed E-state index contributed by atoms with van der Waals surface area (Å²) in [6.07, 6.45) is 3.72. The average Bonchev–Trinajstić information content (AvgIpc) is 2.61. The number of hydrogen-bond acceptors (Lipinski definition) is 4. The molecule has 0 saturated heterocycles. The Morgan fingerprint density at radius 3 is 2.81 bits per heavy atom. The topological polar surface area (TPSA) is 47.3 Å². The van der Waals surface area contributed by atoms with Gasteiger partial charge in [0.15, 0.2) is 0 Å². The van der Waals surface area contributed by atoms with Crippen LogP contribution in [0.4, 0.5) is 0 Å². The van der Waals surface area contributed by atoms with Crippen molar-refractivity contribution in [3.8, 4) is 0 Å². The average molecular weight is 279 g/mol. The van der Waals surface area contributed by atoms with Crippen molar-refractivity contribution in [1.82, 2.24) is 5.43 Å². The number of nitrogens with one attached hydrogen (secondary N) is 1. The Balaban J connectivity index is 2.28. The summed E-state index contributed by atoms with van der Waals surface area (Å²) in [5, 5.41) is 0. The number of halogens is 2. The van der Waals surface area contributed by atoms with Gasteiger partial charge in [-0.3, -0.25) is 5.84 Å². The van der Waals surface area contributed by atoms with Crippen LogP contribution in [-0.4, -0.2) is 6.61 Å². The summed E-state index contributed by atoms with van der Waals surface area (Å²) < 4.78 is 6.63. The lowest BCUT2D eigenvalue weighted by Gasteiger charge is -2.22. The number of rotatable bonds is 3. The number of hydrazine groups is 1. The molecule has 0 fully saturated rings. The van der Waals surface area contributed by atoms with Gasteiger partial charge in [0, 0.05) is 5.56 Å². The lowest BCUT2D eigenvalue weighted by Crippen LogP contribution is -2.30. The largest absolute Gasteiger partial charge is 0.501 e. The highest BCUT2D eigenvalue weighted by molar-refractivity contribution is 7.20. The van der Waals surface area contributed by atoms with Gasteiger partial charge in [0.25, 0.3) is 0 Å². The van der Waals surface area contributed by atoms with Gasteiger partial charge in [0.05, 0.1) is 27.6 Å². The second-order valence-corrected chi connectivity index (χ2v) is 5.83. The first-order valence-corrected chi connectivity index (χ1v) is 6.51. The van der Waals surface area contributed by atoms with Gasteiger partial charge < -0.3 is 4.74 Å². The van der Waals surface area contributed by atoms with Crippen molar-refractivity contribution in [3.05, 3.63) is 32.1 Å². The third-order valence-corrected chi connectivity index (χ3v) is 4.01. The molecule has 2 heterocycles. The molecule has 3 nitrogen and oxygen atoms in total. The van der Waals surface area contributed by atoms with E-state index in [1.165, 1.54) is 11.3 Å². The summed E-state index contributed by atoms with van der Waals surface area (Å²) in [6.45, 7) is 0.763. The Morgan fingerprint density at radius 2 is 2.31 bits per heavy atom. The van der Waals surface area contributed by atoms with Crippen LogP contribution in [0, 0.1) is 0 Å². The minimum Gasteiger partial charge on any atom is -0.501 e. The first-order valence-electron chi connectivity index (χ1n) is 4.93. The molecule has 1 unspecified atom stereocenters. The van der Waals surface area contributed by atoms with Gasteiger partial charge in [0.2, 0.25) is 0 Å². The van der Waals surface area contributed by atoms with Crippen LogP contribution in [0.2, 0.25) is 8.67 Å². The first-order chi connectivity index (χ1) is 7.72. The molecular weight excluding hydrogens is 267 g/mol. The molecule has 0 spiro atoms. The Morgan fingerprint density at radius 1 is 1.50 bits per heavy atom. The van der Waals surface area contributed by atoms with Crippen LogP contribution in [0.1, 0.15) is 24.4 Å². The van der Waals surface area contributed by atoms with E-state index in [1.807, 2.05) is 6.07 Å². The van der Waals surface area contributed by atoms with Crippen LogP contribution >= 0.6 is 34.5 Å². The molecule has 6 heteroatoms. The molecule has 0 radical (unpaired) electrons. The van der Waals surface area contributed by atoms with E-state index in [2.05, 4.69) is 5.43 Å². The second-order valence-electron chi connectivity index (χ2n) is 3.55. The maximum Gasteiger partial charge on any atom is 0.0995 e. The first kappa shape index (κ1) is 12.2. The van der Waals surface area contributed by atoms with Crippen molar-refractivity contribution in [2.45, 2.75) is 18.9 Å². The fourth-order valence-corrected chi connectivity index (χ4v) is 3.28. The minimum atomic E-state index is -0.114. The molecule has 1 aliphatic rings. The summed E-state index contributed by atoms with van der Waals surface area (Å²) in [4.78, 5) is 0. The highest BCUT2D eigenvalue weighted by Crippen LogP contribution is 2.38. The fourth-order valence-electron chi connectivity index (χ4n) is 1.74. The van der Waals surface area contributed by atoms with E-state index >= 15 is 0 Å². The molecule has 1 aliphatic heterocycles. The Labute approximate surface area is 108 Å². The van der Waals surface area contributed by atoms with Crippen molar-refractivity contribution >= 4 is 34.5 Å². The van der Waals surface area contributed by atoms with E-state index in [0.717, 1.165) is 30.6 Å². The maximum atomic E-state index is 6.11. The molecule has 0 saturated carbocycles. The molecule has 0 amide bonds. The van der Waals surface area contributed by atoms with Gasteiger partial charge in [-0.2, -0.15) is 0 Å². The summed E-state index contributed by atoms with van der Waals surface area (Å²) in [5.74, 6) is 5.57. The summed E-state index contributed by atoms with van der Waals surface area (Å²) >= 11 is 13.4. The summed E-state index contributed by atoms with van der Waals surface area (Å²) in [5.41, 5.74) is 4.77. The lowest BCUT2D eigenvalue weighted by atomic mass is 9.98. The third kappa shape index (κ3) is 2.52. The fraction of sp³-hybridized carbons (Fsp3) is 0.400. The predicted molar refractivity (Wildman–Crippen MR) is 67.7 cm³/mol. The van der Waals surface area contributed by atoms with E-state index in [0.29, 0.717) is 8.67 Å². The normalized spacial score (nSPS) is 17.8. The zero-order chi connectivity index (χ0) is 11.5. The van der Waals surface area contributed by atoms with Crippen LogP contribution in [0.25, 0.3) is 0 Å². The van der Waals surface area contributed by atoms with E-state index in [4.69, 9.17) is 33.8 Å². The molecule has 2 rings (SSSR count). The van der Waals surface area contributed by atoms with Crippen LogP contribution < -0.4 is 11.3 Å². The Hall–Kier alpha value is -0.260. The molecule has 1 aromatic heterocycles. The molecule has 1 atom stereocenters. The van der Waals surface area contributed by atoms with Gasteiger partial charge in [-0.15, -0.1) is 11.3 Å². The molecule has 3 N–H and O–H groups in total. The lowest BCUT2D eigenvalue weighted by molar-refractivity contribution is 0.219. The smallest absolute Gasteiger partial charge is 0.0995 e. The van der Waals surface area contributed by atoms with E-state index < -0.39 is 0 Å². The number of nitrogens with two attached hydrogens (primary N) is 1. The molecule has 16 heavy (non-hydrogen) atoms. The maximum absolute atomic E-state index is 6.11. The molecule has 0 aliphatic carbocycles. The predicted octanol–water partition coefficient (Wildman–Crippen LogP) is 3.25. The number of hydrogen-bond donors (Lipinski definition) is 2. The molecule has 88 valence electrons. The van der Waals surface area contributed by atoms with Crippen molar-refractivity contribution < 1.29 is 4.74 Å². The quantitative estimate of drug-likeness (QED) is 0.659. The van der Waals surface area contributed by atoms with Crippen LogP contribution in [-0.2, 0) is 4.74 Å². The molecular formula is C10H12Cl2N2OS. The molecule has 1 aromatic rings. The van der Waals surface area contributed by atoms with Crippen molar-refractivity contribution in [1.29, 1.82) is 0 Å². The van der Waals surface area contributed by atoms with E-state index in [9.17, 15) is 0 Å². The standard InChI is InChI=1S/C10H12Cl2N2OS/c11-8-4-7(10(12)16-8)9(14-13)6-2-1-3-15-5-6/h4-5,9,14H,1-3,13H2. The summed E-state index contributed by atoms with van der Waals surface area (Å²) in [7, 11) is 0. The van der Waals surface area contributed by atoms with Crippen LogP contribution in [0.5, 0.6) is 0 Å². The Bertz CT molecular complexity index is 406. The minimum absolute atomic E-state index is 0.114. The molecule has 0 aromatic carbocycles. The van der Waals surface area contributed by atoms with Crippen molar-refractivity contribution in [3.63, 3.8) is 0 Å². The monoisotopic (exact) mass is 278 g/mol. The van der Waals surface area contributed by atoms with Gasteiger partial charge >= 0.3 is 0 Å². The Kier molecular flexibility index (Phi) is 4.10. The zero-order valence-electron chi connectivity index (χ0n) is 8.50. The third-order valence-electron chi connectivity index (χ3n) is 2.49. The SMILES string of the molecule is NNC(C1=COCCC1)c1cc(Cl)sc1Cl. The van der Waals surface area contributed by atoms with Crippen LogP contribution in [0.3, 0.4) is 0 Å². The van der Waals surface area contributed by atoms with Gasteiger partial charge in [-0.1, -0.05) is 23.2 Å². The second kappa shape index (κ2) is 5.38. The highest BCUT2D eigenvalue weighted by atomic mass is 35.5. The van der Waals surface area contributed by atoms with E-state index in [1.54, 1.807) is 6.26 Å². The number of ether oxygens (including phenoxy) is 1.